The summed E-state index contributed by atoms with van der Waals surface area (Å²) >= 11 is 0. The summed E-state index contributed by atoms with van der Waals surface area (Å²) in [7, 11) is -0.718. The average molecular weight is 414 g/mol. The molecule has 0 amide bonds. The molecular weight excluding hydrogens is 385 g/mol. The topological polar surface area (TPSA) is 21.6 Å². The molecule has 152 valence electrons. The molecular formula is C27H28NOP. The van der Waals surface area contributed by atoms with Gasteiger partial charge in [0.25, 0.3) is 0 Å². The van der Waals surface area contributed by atoms with Gasteiger partial charge in [0, 0.05) is 5.56 Å². The van der Waals surface area contributed by atoms with E-state index in [-0.39, 0.29) is 11.6 Å². The Hall–Kier alpha value is -2.70. The fourth-order valence-corrected chi connectivity index (χ4v) is 6.15. The standard InChI is InChI=1S/C27H28NOP/c1-4-5-20-25-27(2,3)29-26(28-25)23-18-12-13-19-24(23)30(21-14-8-6-9-15-21)22-16-10-7-11-17-22/h5-20,25H,4H2,1-3H3/b20-5-/t25-/m0/s1. The van der Waals surface area contributed by atoms with E-state index in [1.54, 1.807) is 0 Å². The van der Waals surface area contributed by atoms with Crippen molar-refractivity contribution in [2.24, 2.45) is 4.99 Å². The Morgan fingerprint density at radius 2 is 1.43 bits per heavy atom. The quantitative estimate of drug-likeness (QED) is 0.395. The van der Waals surface area contributed by atoms with Crippen molar-refractivity contribution >= 4 is 29.7 Å². The van der Waals surface area contributed by atoms with Gasteiger partial charge >= 0.3 is 0 Å². The normalized spacial score (nSPS) is 17.9. The summed E-state index contributed by atoms with van der Waals surface area (Å²) in [6, 6.07) is 30.1. The lowest BCUT2D eigenvalue weighted by Gasteiger charge is -2.25. The van der Waals surface area contributed by atoms with Crippen LogP contribution in [-0.2, 0) is 4.74 Å². The second-order valence-electron chi connectivity index (χ2n) is 7.94. The Kier molecular flexibility index (Phi) is 6.16. The smallest absolute Gasteiger partial charge is 0.218 e. The van der Waals surface area contributed by atoms with E-state index < -0.39 is 7.92 Å². The van der Waals surface area contributed by atoms with E-state index in [0.29, 0.717) is 0 Å². The SMILES string of the molecule is CC/C=C\[C@@H]1N=C(c2ccccc2P(c2ccccc2)c2ccccc2)OC1(C)C. The minimum absolute atomic E-state index is 0.0279. The van der Waals surface area contributed by atoms with Gasteiger partial charge < -0.3 is 4.74 Å². The number of rotatable bonds is 6. The van der Waals surface area contributed by atoms with Crippen LogP contribution in [0.15, 0.2) is 102 Å². The molecule has 30 heavy (non-hydrogen) atoms. The molecule has 0 N–H and O–H groups in total. The Morgan fingerprint density at radius 1 is 0.867 bits per heavy atom. The second-order valence-corrected chi connectivity index (χ2v) is 10.1. The molecule has 3 heteroatoms. The van der Waals surface area contributed by atoms with Crippen LogP contribution in [0.5, 0.6) is 0 Å². The number of ether oxygens (including phenoxy) is 1. The molecule has 1 aliphatic heterocycles. The highest BCUT2D eigenvalue weighted by atomic mass is 31.1. The van der Waals surface area contributed by atoms with E-state index >= 15 is 0 Å². The number of hydrogen-bond donors (Lipinski definition) is 0. The summed E-state index contributed by atoms with van der Waals surface area (Å²) < 4.78 is 6.42. The maximum Gasteiger partial charge on any atom is 0.218 e. The predicted octanol–water partition coefficient (Wildman–Crippen LogP) is 5.34. The van der Waals surface area contributed by atoms with Gasteiger partial charge in [0.2, 0.25) is 5.90 Å². The molecule has 0 aliphatic carbocycles. The number of aliphatic imine (C=N–C) groups is 1. The summed E-state index contributed by atoms with van der Waals surface area (Å²) in [6.45, 7) is 6.38. The van der Waals surface area contributed by atoms with E-state index in [1.165, 1.54) is 15.9 Å². The highest BCUT2D eigenvalue weighted by Crippen LogP contribution is 2.36. The van der Waals surface area contributed by atoms with Crippen molar-refractivity contribution in [1.29, 1.82) is 0 Å². The van der Waals surface area contributed by atoms with Crippen molar-refractivity contribution in [3.63, 3.8) is 0 Å². The molecule has 4 rings (SSSR count). The summed E-state index contributed by atoms with van der Waals surface area (Å²) in [5.74, 6) is 0.751. The molecule has 2 nitrogen and oxygen atoms in total. The van der Waals surface area contributed by atoms with Crippen molar-refractivity contribution in [1.82, 2.24) is 0 Å². The molecule has 3 aromatic carbocycles. The van der Waals surface area contributed by atoms with Crippen molar-refractivity contribution in [3.05, 3.63) is 103 Å². The minimum atomic E-state index is -0.718. The summed E-state index contributed by atoms with van der Waals surface area (Å²) in [4.78, 5) is 5.00. The average Bonchev–Trinajstić information content (AvgIpc) is 3.08. The number of benzene rings is 3. The van der Waals surface area contributed by atoms with Gasteiger partial charge in [-0.2, -0.15) is 0 Å². The monoisotopic (exact) mass is 413 g/mol. The molecule has 0 saturated heterocycles. The molecule has 0 aromatic heterocycles. The lowest BCUT2D eigenvalue weighted by Crippen LogP contribution is -2.33. The van der Waals surface area contributed by atoms with Crippen LogP contribution >= 0.6 is 7.92 Å². The highest BCUT2D eigenvalue weighted by molar-refractivity contribution is 7.80. The van der Waals surface area contributed by atoms with E-state index in [4.69, 9.17) is 9.73 Å². The van der Waals surface area contributed by atoms with Gasteiger partial charge in [-0.25, -0.2) is 4.99 Å². The Balaban J connectivity index is 1.83. The van der Waals surface area contributed by atoms with E-state index in [0.717, 1.165) is 17.9 Å². The van der Waals surface area contributed by atoms with Crippen molar-refractivity contribution < 1.29 is 4.74 Å². The maximum atomic E-state index is 6.42. The fourth-order valence-electron chi connectivity index (χ4n) is 3.71. The highest BCUT2D eigenvalue weighted by Gasteiger charge is 2.38. The largest absolute Gasteiger partial charge is 0.469 e. The predicted molar refractivity (Wildman–Crippen MR) is 130 cm³/mol. The third-order valence-corrected chi connectivity index (χ3v) is 7.79. The van der Waals surface area contributed by atoms with Crippen molar-refractivity contribution in [2.75, 3.05) is 0 Å². The third-order valence-electron chi connectivity index (χ3n) is 5.29. The second kappa shape index (κ2) is 8.98. The fraction of sp³-hybridized carbons (Fsp3) is 0.222. The minimum Gasteiger partial charge on any atom is -0.469 e. The van der Waals surface area contributed by atoms with Gasteiger partial charge in [-0.3, -0.25) is 0 Å². The molecule has 0 fully saturated rings. The third kappa shape index (κ3) is 4.25. The van der Waals surface area contributed by atoms with Gasteiger partial charge in [-0.1, -0.05) is 97.9 Å². The number of hydrogen-bond acceptors (Lipinski definition) is 2. The molecule has 0 saturated carbocycles. The summed E-state index contributed by atoms with van der Waals surface area (Å²) in [6.07, 6.45) is 5.35. The van der Waals surface area contributed by atoms with Crippen LogP contribution in [-0.4, -0.2) is 17.5 Å². The van der Waals surface area contributed by atoms with Gasteiger partial charge in [0.15, 0.2) is 0 Å². The first-order valence-electron chi connectivity index (χ1n) is 10.5. The number of nitrogens with zero attached hydrogens (tertiary/aromatic N) is 1. The van der Waals surface area contributed by atoms with Crippen LogP contribution in [0.1, 0.15) is 32.8 Å². The first kappa shape index (κ1) is 20.6. The zero-order valence-corrected chi connectivity index (χ0v) is 18.7. The lowest BCUT2D eigenvalue weighted by molar-refractivity contribution is 0.111. The molecule has 1 heterocycles. The van der Waals surface area contributed by atoms with Crippen LogP contribution in [0.4, 0.5) is 0 Å². The first-order chi connectivity index (χ1) is 14.6. The molecule has 0 unspecified atom stereocenters. The Bertz CT molecular complexity index is 1000. The Labute approximate surface area is 181 Å². The van der Waals surface area contributed by atoms with E-state index in [2.05, 4.69) is 118 Å². The van der Waals surface area contributed by atoms with Crippen LogP contribution in [0.3, 0.4) is 0 Å². The molecule has 0 spiro atoms. The molecule has 1 atom stereocenters. The van der Waals surface area contributed by atoms with E-state index in [1.807, 2.05) is 0 Å². The Morgan fingerprint density at radius 3 is 2.03 bits per heavy atom. The zero-order valence-electron chi connectivity index (χ0n) is 17.8. The van der Waals surface area contributed by atoms with Gasteiger partial charge in [0.1, 0.15) is 11.6 Å². The van der Waals surface area contributed by atoms with E-state index in [9.17, 15) is 0 Å². The molecule has 1 aliphatic rings. The molecule has 0 radical (unpaired) electrons. The van der Waals surface area contributed by atoms with Crippen LogP contribution in [0.2, 0.25) is 0 Å². The zero-order chi connectivity index (χ0) is 21.0. The van der Waals surface area contributed by atoms with Crippen LogP contribution in [0.25, 0.3) is 0 Å². The van der Waals surface area contributed by atoms with Gasteiger partial charge in [-0.05, 0) is 50.2 Å². The summed E-state index contributed by atoms with van der Waals surface area (Å²) in [5.41, 5.74) is 0.743. The van der Waals surface area contributed by atoms with Crippen LogP contribution < -0.4 is 15.9 Å². The van der Waals surface area contributed by atoms with Crippen LogP contribution in [0, 0.1) is 0 Å². The van der Waals surface area contributed by atoms with Crippen molar-refractivity contribution in [2.45, 2.75) is 38.8 Å². The van der Waals surface area contributed by atoms with Crippen molar-refractivity contribution in [3.8, 4) is 0 Å². The van der Waals surface area contributed by atoms with Gasteiger partial charge in [0.05, 0.1) is 0 Å². The lowest BCUT2D eigenvalue weighted by atomic mass is 9.99. The number of allylic oxidation sites excluding steroid dienone is 1. The van der Waals surface area contributed by atoms with Gasteiger partial charge in [-0.15, -0.1) is 0 Å². The molecule has 3 aromatic rings. The first-order valence-corrected chi connectivity index (χ1v) is 11.9. The summed E-state index contributed by atoms with van der Waals surface area (Å²) in [5, 5.41) is 3.93. The molecule has 0 bridgehead atoms. The maximum absolute atomic E-state index is 6.42.